The second kappa shape index (κ2) is 6.38. The summed E-state index contributed by atoms with van der Waals surface area (Å²) in [6.45, 7) is 6.08. The molecule has 14 heavy (non-hydrogen) atoms. The lowest BCUT2D eigenvalue weighted by molar-refractivity contribution is 0.0514. The number of rotatable bonds is 6. The summed E-state index contributed by atoms with van der Waals surface area (Å²) < 4.78 is 10.9. The zero-order chi connectivity index (χ0) is 10.4. The van der Waals surface area contributed by atoms with Gasteiger partial charge in [-0.05, 0) is 26.2 Å². The smallest absolute Gasteiger partial charge is 0.0704 e. The quantitative estimate of drug-likeness (QED) is 0.707. The van der Waals surface area contributed by atoms with Crippen molar-refractivity contribution in [3.8, 4) is 0 Å². The minimum atomic E-state index is 0.413. The van der Waals surface area contributed by atoms with E-state index < -0.39 is 0 Å². The highest BCUT2D eigenvalue weighted by molar-refractivity contribution is 4.74. The van der Waals surface area contributed by atoms with E-state index in [2.05, 4.69) is 19.2 Å². The Hall–Kier alpha value is -0.120. The van der Waals surface area contributed by atoms with E-state index in [0.717, 1.165) is 19.6 Å². The average molecular weight is 201 g/mol. The molecule has 0 amide bonds. The van der Waals surface area contributed by atoms with Gasteiger partial charge in [-0.25, -0.2) is 0 Å². The van der Waals surface area contributed by atoms with E-state index >= 15 is 0 Å². The molecule has 0 radical (unpaired) electrons. The summed E-state index contributed by atoms with van der Waals surface area (Å²) >= 11 is 0. The average Bonchev–Trinajstić information content (AvgIpc) is 2.59. The monoisotopic (exact) mass is 201 g/mol. The fourth-order valence-electron chi connectivity index (χ4n) is 1.86. The summed E-state index contributed by atoms with van der Waals surface area (Å²) in [5, 5.41) is 3.48. The Labute approximate surface area is 87.2 Å². The van der Waals surface area contributed by atoms with Crippen LogP contribution in [0.2, 0.25) is 0 Å². The van der Waals surface area contributed by atoms with Gasteiger partial charge in [-0.15, -0.1) is 0 Å². The predicted octanol–water partition coefficient (Wildman–Crippen LogP) is 1.57. The van der Waals surface area contributed by atoms with E-state index in [-0.39, 0.29) is 0 Å². The summed E-state index contributed by atoms with van der Waals surface area (Å²) in [5.41, 5.74) is 0. The molecule has 1 aliphatic heterocycles. The van der Waals surface area contributed by atoms with Gasteiger partial charge in [0.15, 0.2) is 0 Å². The van der Waals surface area contributed by atoms with Crippen LogP contribution in [0.5, 0.6) is 0 Å². The Kier molecular flexibility index (Phi) is 5.45. The maximum absolute atomic E-state index is 5.73. The molecule has 3 atom stereocenters. The first-order valence-corrected chi connectivity index (χ1v) is 5.64. The summed E-state index contributed by atoms with van der Waals surface area (Å²) in [7, 11) is 1.75. The molecule has 3 unspecified atom stereocenters. The van der Waals surface area contributed by atoms with Crippen molar-refractivity contribution < 1.29 is 9.47 Å². The molecule has 3 heteroatoms. The van der Waals surface area contributed by atoms with Crippen molar-refractivity contribution >= 4 is 0 Å². The van der Waals surface area contributed by atoms with Gasteiger partial charge in [-0.2, -0.15) is 0 Å². The van der Waals surface area contributed by atoms with Crippen molar-refractivity contribution in [1.82, 2.24) is 5.32 Å². The van der Waals surface area contributed by atoms with Gasteiger partial charge in [-0.3, -0.25) is 0 Å². The van der Waals surface area contributed by atoms with Crippen molar-refractivity contribution in [2.24, 2.45) is 0 Å². The van der Waals surface area contributed by atoms with Gasteiger partial charge in [0.05, 0.1) is 18.8 Å². The Bertz CT molecular complexity index is 148. The van der Waals surface area contributed by atoms with Gasteiger partial charge in [-0.1, -0.05) is 6.92 Å². The molecule has 1 fully saturated rings. The van der Waals surface area contributed by atoms with Crippen LogP contribution in [0.3, 0.4) is 0 Å². The van der Waals surface area contributed by atoms with Crippen LogP contribution in [0.1, 0.15) is 33.1 Å². The van der Waals surface area contributed by atoms with Gasteiger partial charge in [0.1, 0.15) is 0 Å². The SMILES string of the molecule is CCC(COC)NCC1CCC(C)O1. The molecule has 1 heterocycles. The fraction of sp³-hybridized carbons (Fsp3) is 1.00. The fourth-order valence-corrected chi connectivity index (χ4v) is 1.86. The van der Waals surface area contributed by atoms with Gasteiger partial charge >= 0.3 is 0 Å². The van der Waals surface area contributed by atoms with Gasteiger partial charge in [0, 0.05) is 19.7 Å². The third-order valence-electron chi connectivity index (χ3n) is 2.81. The molecule has 1 rings (SSSR count). The largest absolute Gasteiger partial charge is 0.383 e. The highest BCUT2D eigenvalue weighted by atomic mass is 16.5. The van der Waals surface area contributed by atoms with Crippen LogP contribution >= 0.6 is 0 Å². The lowest BCUT2D eigenvalue weighted by atomic mass is 10.2. The first kappa shape index (κ1) is 12.0. The molecule has 0 aromatic rings. The van der Waals surface area contributed by atoms with Crippen molar-refractivity contribution in [3.63, 3.8) is 0 Å². The van der Waals surface area contributed by atoms with Crippen LogP contribution in [-0.2, 0) is 9.47 Å². The van der Waals surface area contributed by atoms with Gasteiger partial charge in [0.2, 0.25) is 0 Å². The van der Waals surface area contributed by atoms with Crippen molar-refractivity contribution in [2.45, 2.75) is 51.4 Å². The summed E-state index contributed by atoms with van der Waals surface area (Å²) in [6.07, 6.45) is 4.36. The Morgan fingerprint density at radius 1 is 1.50 bits per heavy atom. The maximum atomic E-state index is 5.73. The van der Waals surface area contributed by atoms with Crippen molar-refractivity contribution in [2.75, 3.05) is 20.3 Å². The number of hydrogen-bond acceptors (Lipinski definition) is 3. The maximum Gasteiger partial charge on any atom is 0.0704 e. The molecule has 1 aliphatic rings. The van der Waals surface area contributed by atoms with Crippen LogP contribution < -0.4 is 5.32 Å². The highest BCUT2D eigenvalue weighted by Crippen LogP contribution is 2.18. The Morgan fingerprint density at radius 2 is 2.29 bits per heavy atom. The van der Waals surface area contributed by atoms with E-state index in [9.17, 15) is 0 Å². The third-order valence-corrected chi connectivity index (χ3v) is 2.81. The minimum absolute atomic E-state index is 0.413. The lowest BCUT2D eigenvalue weighted by Crippen LogP contribution is -2.38. The van der Waals surface area contributed by atoms with Gasteiger partial charge < -0.3 is 14.8 Å². The van der Waals surface area contributed by atoms with Gasteiger partial charge in [0.25, 0.3) is 0 Å². The Morgan fingerprint density at radius 3 is 2.79 bits per heavy atom. The van der Waals surface area contributed by atoms with Crippen molar-refractivity contribution in [3.05, 3.63) is 0 Å². The van der Waals surface area contributed by atoms with E-state index in [0.29, 0.717) is 18.2 Å². The second-order valence-corrected chi connectivity index (χ2v) is 4.11. The summed E-state index contributed by atoms with van der Waals surface area (Å²) in [6, 6.07) is 0.472. The molecule has 0 saturated carbocycles. The Balaban J connectivity index is 2.12. The molecule has 1 saturated heterocycles. The molecule has 0 spiro atoms. The molecule has 0 aliphatic carbocycles. The van der Waals surface area contributed by atoms with Crippen LogP contribution in [0.25, 0.3) is 0 Å². The zero-order valence-electron chi connectivity index (χ0n) is 9.58. The number of hydrogen-bond donors (Lipinski definition) is 1. The number of ether oxygens (including phenoxy) is 2. The predicted molar refractivity (Wildman–Crippen MR) is 57.5 cm³/mol. The summed E-state index contributed by atoms with van der Waals surface area (Å²) in [5.74, 6) is 0. The molecular weight excluding hydrogens is 178 g/mol. The molecule has 0 bridgehead atoms. The first-order valence-electron chi connectivity index (χ1n) is 5.64. The standard InChI is InChI=1S/C11H23NO2/c1-4-10(8-13-3)12-7-11-6-5-9(2)14-11/h9-12H,4-8H2,1-3H3. The number of nitrogens with one attached hydrogen (secondary N) is 1. The first-order chi connectivity index (χ1) is 6.76. The van der Waals surface area contributed by atoms with Crippen LogP contribution in [0.4, 0.5) is 0 Å². The molecular formula is C11H23NO2. The van der Waals surface area contributed by atoms with Crippen LogP contribution in [0, 0.1) is 0 Å². The molecule has 0 aromatic carbocycles. The normalized spacial score (nSPS) is 29.4. The number of methoxy groups -OCH3 is 1. The molecule has 3 nitrogen and oxygen atoms in total. The third kappa shape index (κ3) is 3.95. The van der Waals surface area contributed by atoms with Crippen LogP contribution in [0.15, 0.2) is 0 Å². The topological polar surface area (TPSA) is 30.5 Å². The van der Waals surface area contributed by atoms with E-state index in [1.807, 2.05) is 0 Å². The summed E-state index contributed by atoms with van der Waals surface area (Å²) in [4.78, 5) is 0. The molecule has 1 N–H and O–H groups in total. The minimum Gasteiger partial charge on any atom is -0.383 e. The molecule has 84 valence electrons. The second-order valence-electron chi connectivity index (χ2n) is 4.11. The van der Waals surface area contributed by atoms with E-state index in [4.69, 9.17) is 9.47 Å². The highest BCUT2D eigenvalue weighted by Gasteiger charge is 2.21. The lowest BCUT2D eigenvalue weighted by Gasteiger charge is -2.19. The zero-order valence-corrected chi connectivity index (χ0v) is 9.58. The van der Waals surface area contributed by atoms with E-state index in [1.165, 1.54) is 12.8 Å². The van der Waals surface area contributed by atoms with E-state index in [1.54, 1.807) is 7.11 Å². The van der Waals surface area contributed by atoms with Crippen LogP contribution in [-0.4, -0.2) is 38.5 Å². The molecule has 0 aromatic heterocycles. The van der Waals surface area contributed by atoms with Crippen molar-refractivity contribution in [1.29, 1.82) is 0 Å².